The summed E-state index contributed by atoms with van der Waals surface area (Å²) in [7, 11) is -3.39. The van der Waals surface area contributed by atoms with E-state index in [1.807, 2.05) is 36.4 Å². The van der Waals surface area contributed by atoms with Gasteiger partial charge in [-0.25, -0.2) is 13.1 Å². The Balaban J connectivity index is 1.63. The lowest BCUT2D eigenvalue weighted by Gasteiger charge is -2.16. The van der Waals surface area contributed by atoms with Crippen molar-refractivity contribution in [1.82, 2.24) is 14.5 Å². The van der Waals surface area contributed by atoms with Crippen molar-refractivity contribution in [2.45, 2.75) is 12.5 Å². The van der Waals surface area contributed by atoms with Gasteiger partial charge in [-0.2, -0.15) is 5.10 Å². The fourth-order valence-electron chi connectivity index (χ4n) is 2.45. The van der Waals surface area contributed by atoms with Crippen LogP contribution < -0.4 is 4.72 Å². The predicted molar refractivity (Wildman–Crippen MR) is 91.0 cm³/mol. The summed E-state index contributed by atoms with van der Waals surface area (Å²) < 4.78 is 34.3. The lowest BCUT2D eigenvalue weighted by Crippen LogP contribution is -2.33. The fourth-order valence-corrected chi connectivity index (χ4v) is 3.51. The Labute approximate surface area is 141 Å². The van der Waals surface area contributed by atoms with Crippen molar-refractivity contribution in [3.63, 3.8) is 0 Å². The van der Waals surface area contributed by atoms with E-state index in [1.165, 1.54) is 0 Å². The molecule has 0 amide bonds. The Morgan fingerprint density at radius 2 is 1.96 bits per heavy atom. The molecule has 1 N–H and O–H groups in total. The Morgan fingerprint density at radius 1 is 1.12 bits per heavy atom. The number of furan rings is 1. The van der Waals surface area contributed by atoms with Gasteiger partial charge in [0.2, 0.25) is 10.0 Å². The van der Waals surface area contributed by atoms with E-state index in [9.17, 15) is 8.42 Å². The number of rotatable bonds is 8. The van der Waals surface area contributed by atoms with Crippen molar-refractivity contribution in [1.29, 1.82) is 0 Å². The summed E-state index contributed by atoms with van der Waals surface area (Å²) in [4.78, 5) is 0. The van der Waals surface area contributed by atoms with E-state index in [-0.39, 0.29) is 18.3 Å². The minimum absolute atomic E-state index is 0.0427. The monoisotopic (exact) mass is 345 g/mol. The number of hydrogen-bond acceptors (Lipinski definition) is 4. The van der Waals surface area contributed by atoms with Crippen molar-refractivity contribution in [2.24, 2.45) is 0 Å². The summed E-state index contributed by atoms with van der Waals surface area (Å²) in [6.07, 6.45) is 5.48. The summed E-state index contributed by atoms with van der Waals surface area (Å²) in [6.45, 7) is 0.187. The molecule has 6 nitrogen and oxygen atoms in total. The molecule has 1 unspecified atom stereocenters. The van der Waals surface area contributed by atoms with Crippen molar-refractivity contribution in [2.75, 3.05) is 12.3 Å². The van der Waals surface area contributed by atoms with Gasteiger partial charge in [0.25, 0.3) is 0 Å². The first-order valence-corrected chi connectivity index (χ1v) is 9.33. The van der Waals surface area contributed by atoms with Crippen molar-refractivity contribution in [3.8, 4) is 0 Å². The highest BCUT2D eigenvalue weighted by atomic mass is 32.2. The number of sulfonamides is 1. The maximum absolute atomic E-state index is 12.3. The highest BCUT2D eigenvalue weighted by molar-refractivity contribution is 7.89. The molecule has 1 atom stereocenters. The fraction of sp³-hybridized carbons (Fsp3) is 0.235. The number of aromatic nitrogens is 2. The molecule has 0 aliphatic rings. The summed E-state index contributed by atoms with van der Waals surface area (Å²) >= 11 is 0. The number of benzene rings is 1. The average molecular weight is 345 g/mol. The molecule has 0 saturated carbocycles. The smallest absolute Gasteiger partial charge is 0.212 e. The van der Waals surface area contributed by atoms with Gasteiger partial charge in [0.15, 0.2) is 0 Å². The van der Waals surface area contributed by atoms with Gasteiger partial charge in [0.05, 0.1) is 12.0 Å². The van der Waals surface area contributed by atoms with Crippen molar-refractivity contribution < 1.29 is 12.8 Å². The third-order valence-electron chi connectivity index (χ3n) is 3.71. The van der Waals surface area contributed by atoms with Crippen molar-refractivity contribution in [3.05, 3.63) is 78.5 Å². The van der Waals surface area contributed by atoms with Crippen LogP contribution in [0.15, 0.2) is 71.6 Å². The van der Waals surface area contributed by atoms with Gasteiger partial charge in [0, 0.05) is 18.9 Å². The predicted octanol–water partition coefficient (Wildman–Crippen LogP) is 2.23. The molecule has 0 fully saturated rings. The molecule has 2 aromatic heterocycles. The first kappa shape index (κ1) is 16.5. The zero-order chi connectivity index (χ0) is 16.8. The molecule has 0 bridgehead atoms. The van der Waals surface area contributed by atoms with Crippen LogP contribution in [0.5, 0.6) is 0 Å². The molecule has 7 heteroatoms. The van der Waals surface area contributed by atoms with E-state index in [4.69, 9.17) is 4.42 Å². The Bertz CT molecular complexity index is 794. The first-order chi connectivity index (χ1) is 11.6. The molecule has 0 aliphatic heterocycles. The second-order valence-electron chi connectivity index (χ2n) is 5.42. The number of aryl methyl sites for hydroxylation is 1. The number of nitrogens with one attached hydrogen (secondary N) is 1. The van der Waals surface area contributed by atoms with E-state index >= 15 is 0 Å². The lowest BCUT2D eigenvalue weighted by molar-refractivity contribution is 0.402. The molecule has 1 aromatic carbocycles. The zero-order valence-corrected chi connectivity index (χ0v) is 13.9. The van der Waals surface area contributed by atoms with Crippen molar-refractivity contribution >= 4 is 10.0 Å². The highest BCUT2D eigenvalue weighted by Crippen LogP contribution is 2.17. The lowest BCUT2D eigenvalue weighted by atomic mass is 10.2. The quantitative estimate of drug-likeness (QED) is 0.679. The van der Waals surface area contributed by atoms with Gasteiger partial charge in [-0.15, -0.1) is 0 Å². The molecular formula is C17H19N3O3S. The van der Waals surface area contributed by atoms with Crippen LogP contribution in [0.4, 0.5) is 0 Å². The summed E-state index contributed by atoms with van der Waals surface area (Å²) in [5, 5.41) is 4.19. The molecule has 2 heterocycles. The van der Waals surface area contributed by atoms with Crippen LogP contribution in [0, 0.1) is 0 Å². The first-order valence-electron chi connectivity index (χ1n) is 7.68. The topological polar surface area (TPSA) is 77.1 Å². The molecule has 0 radical (unpaired) electrons. The van der Waals surface area contributed by atoms with Crippen LogP contribution in [0.3, 0.4) is 0 Å². The van der Waals surface area contributed by atoms with Crippen LogP contribution >= 0.6 is 0 Å². The van der Waals surface area contributed by atoms with Gasteiger partial charge in [-0.05, 0) is 30.2 Å². The number of nitrogens with zero attached hydrogens (tertiary/aromatic N) is 2. The standard InChI is InChI=1S/C17H19N3O3S/c21-24(22,13-9-15-6-2-1-3-7-15)19-14-16(17-8-4-12-23-17)20-11-5-10-18-20/h1-8,10-12,16,19H,9,13-14H2. The van der Waals surface area contributed by atoms with E-state index in [1.54, 1.807) is 35.5 Å². The Morgan fingerprint density at radius 3 is 2.62 bits per heavy atom. The van der Waals surface area contributed by atoms with Gasteiger partial charge in [-0.1, -0.05) is 30.3 Å². The maximum atomic E-state index is 12.3. The third-order valence-corrected chi connectivity index (χ3v) is 5.06. The van der Waals surface area contributed by atoms with Crippen LogP contribution in [0.1, 0.15) is 17.4 Å². The second kappa shape index (κ2) is 7.46. The van der Waals surface area contributed by atoms with Crippen LogP contribution in [-0.4, -0.2) is 30.5 Å². The van der Waals surface area contributed by atoms with E-state index < -0.39 is 10.0 Å². The highest BCUT2D eigenvalue weighted by Gasteiger charge is 2.20. The van der Waals surface area contributed by atoms with Gasteiger partial charge >= 0.3 is 0 Å². The molecule has 126 valence electrons. The average Bonchev–Trinajstić information content (AvgIpc) is 3.28. The molecule has 0 spiro atoms. The van der Waals surface area contributed by atoms with Crippen LogP contribution in [0.25, 0.3) is 0 Å². The second-order valence-corrected chi connectivity index (χ2v) is 7.35. The molecule has 0 saturated heterocycles. The van der Waals surface area contributed by atoms with E-state index in [0.717, 1.165) is 5.56 Å². The van der Waals surface area contributed by atoms with Gasteiger partial charge in [-0.3, -0.25) is 4.68 Å². The maximum Gasteiger partial charge on any atom is 0.212 e. The van der Waals surface area contributed by atoms with Crippen LogP contribution in [-0.2, 0) is 16.4 Å². The summed E-state index contributed by atoms with van der Waals surface area (Å²) in [5.74, 6) is 0.700. The normalized spacial score (nSPS) is 13.0. The zero-order valence-electron chi connectivity index (χ0n) is 13.1. The molecular weight excluding hydrogens is 326 g/mol. The van der Waals surface area contributed by atoms with Gasteiger partial charge < -0.3 is 4.42 Å². The minimum atomic E-state index is -3.39. The molecule has 24 heavy (non-hydrogen) atoms. The molecule has 3 rings (SSSR count). The van der Waals surface area contributed by atoms with Gasteiger partial charge in [0.1, 0.15) is 11.8 Å². The Kier molecular flexibility index (Phi) is 5.12. The largest absolute Gasteiger partial charge is 0.467 e. The SMILES string of the molecule is O=S(=O)(CCc1ccccc1)NCC(c1ccco1)n1cccn1. The minimum Gasteiger partial charge on any atom is -0.467 e. The Hall–Kier alpha value is -2.38. The summed E-state index contributed by atoms with van der Waals surface area (Å²) in [5.41, 5.74) is 0.998. The number of hydrogen-bond donors (Lipinski definition) is 1. The van der Waals surface area contributed by atoms with E-state index in [0.29, 0.717) is 12.2 Å². The van der Waals surface area contributed by atoms with Crippen LogP contribution in [0.2, 0.25) is 0 Å². The summed E-state index contributed by atoms with van der Waals surface area (Å²) in [6, 6.07) is 14.6. The molecule has 3 aromatic rings. The third kappa shape index (κ3) is 4.33. The molecule has 0 aliphatic carbocycles. The van der Waals surface area contributed by atoms with E-state index in [2.05, 4.69) is 9.82 Å².